The van der Waals surface area contributed by atoms with E-state index in [0.29, 0.717) is 18.5 Å². The number of nitrogens with two attached hydrogens (primary N) is 1. The summed E-state index contributed by atoms with van der Waals surface area (Å²) in [7, 11) is 0. The minimum atomic E-state index is 0.0175. The molecular weight excluding hydrogens is 238 g/mol. The summed E-state index contributed by atoms with van der Waals surface area (Å²) in [6.45, 7) is 7.11. The second kappa shape index (κ2) is 4.15. The number of hydrogen-bond acceptors (Lipinski definition) is 3. The predicted octanol–water partition coefficient (Wildman–Crippen LogP) is 3.16. The Morgan fingerprint density at radius 2 is 2.16 bits per heavy atom. The zero-order chi connectivity index (χ0) is 13.6. The number of para-hydroxylation sites is 1. The molecular formula is C15H21N3O. The zero-order valence-corrected chi connectivity index (χ0v) is 11.8. The molecule has 0 amide bonds. The monoisotopic (exact) mass is 259 g/mol. The summed E-state index contributed by atoms with van der Waals surface area (Å²) in [5.41, 5.74) is 8.12. The van der Waals surface area contributed by atoms with Gasteiger partial charge in [0.1, 0.15) is 11.3 Å². The molecule has 2 N–H and O–H groups in total. The topological polar surface area (TPSA) is 53.1 Å². The summed E-state index contributed by atoms with van der Waals surface area (Å²) in [6, 6.07) is 6.03. The van der Waals surface area contributed by atoms with Gasteiger partial charge in [-0.15, -0.1) is 0 Å². The highest BCUT2D eigenvalue weighted by Gasteiger charge is 2.41. The Kier molecular flexibility index (Phi) is 2.69. The molecule has 2 aromatic rings. The van der Waals surface area contributed by atoms with E-state index >= 15 is 0 Å². The van der Waals surface area contributed by atoms with Crippen molar-refractivity contribution in [3.63, 3.8) is 0 Å². The number of fused-ring (bicyclic) bond motifs is 1. The number of ether oxygens (including phenoxy) is 1. The summed E-state index contributed by atoms with van der Waals surface area (Å²) >= 11 is 0. The van der Waals surface area contributed by atoms with Gasteiger partial charge in [-0.05, 0) is 51.7 Å². The van der Waals surface area contributed by atoms with Crippen LogP contribution in [0.2, 0.25) is 0 Å². The molecule has 1 aliphatic carbocycles. The lowest BCUT2D eigenvalue weighted by atomic mass is 9.98. The second-order valence-corrected chi connectivity index (χ2v) is 5.79. The number of aromatic nitrogens is 2. The van der Waals surface area contributed by atoms with Crippen molar-refractivity contribution in [1.82, 2.24) is 9.55 Å². The van der Waals surface area contributed by atoms with E-state index in [0.717, 1.165) is 16.8 Å². The highest BCUT2D eigenvalue weighted by molar-refractivity contribution is 5.84. The molecule has 0 bridgehead atoms. The van der Waals surface area contributed by atoms with Crippen molar-refractivity contribution in [2.75, 3.05) is 12.3 Å². The van der Waals surface area contributed by atoms with Crippen LogP contribution in [0.3, 0.4) is 0 Å². The Balaban J connectivity index is 2.20. The van der Waals surface area contributed by atoms with Gasteiger partial charge in [-0.2, -0.15) is 0 Å². The van der Waals surface area contributed by atoms with Crippen molar-refractivity contribution in [2.24, 2.45) is 5.92 Å². The minimum Gasteiger partial charge on any atom is -0.492 e. The van der Waals surface area contributed by atoms with E-state index in [2.05, 4.69) is 29.5 Å². The van der Waals surface area contributed by atoms with Crippen LogP contribution in [0.5, 0.6) is 5.75 Å². The van der Waals surface area contributed by atoms with Crippen LogP contribution in [-0.4, -0.2) is 16.2 Å². The van der Waals surface area contributed by atoms with E-state index < -0.39 is 0 Å². The van der Waals surface area contributed by atoms with Gasteiger partial charge < -0.3 is 15.0 Å². The highest BCUT2D eigenvalue weighted by atomic mass is 16.5. The predicted molar refractivity (Wildman–Crippen MR) is 77.4 cm³/mol. The molecule has 4 nitrogen and oxygen atoms in total. The lowest BCUT2D eigenvalue weighted by molar-refractivity contribution is 0.318. The highest BCUT2D eigenvalue weighted by Crippen LogP contribution is 2.46. The molecule has 0 saturated heterocycles. The van der Waals surface area contributed by atoms with E-state index in [9.17, 15) is 0 Å². The molecule has 4 heteroatoms. The molecule has 19 heavy (non-hydrogen) atoms. The molecule has 0 spiro atoms. The number of nitrogens with zero attached hydrogens (tertiary/aromatic N) is 2. The van der Waals surface area contributed by atoms with Crippen LogP contribution in [0.15, 0.2) is 18.2 Å². The number of hydrogen-bond donors (Lipinski definition) is 1. The summed E-state index contributed by atoms with van der Waals surface area (Å²) in [6.07, 6.45) is 2.55. The molecule has 1 heterocycles. The van der Waals surface area contributed by atoms with Crippen molar-refractivity contribution < 1.29 is 4.74 Å². The Morgan fingerprint density at radius 3 is 2.79 bits per heavy atom. The quantitative estimate of drug-likeness (QED) is 0.917. The van der Waals surface area contributed by atoms with Crippen molar-refractivity contribution in [2.45, 2.75) is 39.2 Å². The zero-order valence-electron chi connectivity index (χ0n) is 11.8. The van der Waals surface area contributed by atoms with Crippen LogP contribution in [0.1, 0.15) is 33.6 Å². The molecule has 1 aliphatic rings. The summed E-state index contributed by atoms with van der Waals surface area (Å²) in [5.74, 6) is 2.10. The average molecular weight is 259 g/mol. The Hall–Kier alpha value is -1.71. The Morgan fingerprint density at radius 1 is 1.42 bits per heavy atom. The summed E-state index contributed by atoms with van der Waals surface area (Å²) in [4.78, 5) is 4.52. The first kappa shape index (κ1) is 12.3. The number of nitrogen functional groups attached to an aromatic ring is 1. The molecule has 1 aromatic carbocycles. The van der Waals surface area contributed by atoms with Gasteiger partial charge in [-0.3, -0.25) is 0 Å². The van der Waals surface area contributed by atoms with E-state index in [1.165, 1.54) is 12.8 Å². The largest absolute Gasteiger partial charge is 0.492 e. The van der Waals surface area contributed by atoms with Gasteiger partial charge in [0, 0.05) is 5.54 Å². The number of rotatable bonds is 4. The lowest BCUT2D eigenvalue weighted by Crippen LogP contribution is -2.29. The Bertz CT molecular complexity index is 611. The summed E-state index contributed by atoms with van der Waals surface area (Å²) < 4.78 is 7.81. The van der Waals surface area contributed by atoms with Gasteiger partial charge >= 0.3 is 0 Å². The normalized spacial score (nSPS) is 15.9. The number of anilines is 1. The molecule has 0 atom stereocenters. The van der Waals surface area contributed by atoms with Gasteiger partial charge in [0.25, 0.3) is 0 Å². The van der Waals surface area contributed by atoms with Gasteiger partial charge in [0.15, 0.2) is 0 Å². The third kappa shape index (κ3) is 1.86. The van der Waals surface area contributed by atoms with Crippen molar-refractivity contribution in [3.05, 3.63) is 18.2 Å². The van der Waals surface area contributed by atoms with Crippen LogP contribution in [-0.2, 0) is 5.54 Å². The van der Waals surface area contributed by atoms with Crippen LogP contribution in [0, 0.1) is 5.92 Å². The van der Waals surface area contributed by atoms with E-state index in [4.69, 9.17) is 10.5 Å². The number of benzene rings is 1. The lowest BCUT2D eigenvalue weighted by Gasteiger charge is -2.28. The fourth-order valence-corrected chi connectivity index (χ4v) is 2.94. The maximum Gasteiger partial charge on any atom is 0.201 e. The molecule has 0 radical (unpaired) electrons. The van der Waals surface area contributed by atoms with Gasteiger partial charge in [-0.25, -0.2) is 4.98 Å². The standard InChI is InChI=1S/C15H21N3O/c1-4-19-12-7-5-6-11-13(12)17-14(16)18(11)15(2,3)10-8-9-10/h5-7,10H,4,8-9H2,1-3H3,(H2,16,17). The maximum absolute atomic E-state index is 6.17. The second-order valence-electron chi connectivity index (χ2n) is 5.79. The smallest absolute Gasteiger partial charge is 0.201 e. The summed E-state index contributed by atoms with van der Waals surface area (Å²) in [5, 5.41) is 0. The Labute approximate surface area is 113 Å². The first-order valence-corrected chi connectivity index (χ1v) is 6.96. The third-order valence-electron chi connectivity index (χ3n) is 4.13. The van der Waals surface area contributed by atoms with Gasteiger partial charge in [0.05, 0.1) is 12.1 Å². The fourth-order valence-electron chi connectivity index (χ4n) is 2.94. The third-order valence-corrected chi connectivity index (χ3v) is 4.13. The fraction of sp³-hybridized carbons (Fsp3) is 0.533. The van der Waals surface area contributed by atoms with E-state index in [-0.39, 0.29) is 5.54 Å². The maximum atomic E-state index is 6.17. The molecule has 0 unspecified atom stereocenters. The van der Waals surface area contributed by atoms with Gasteiger partial charge in [-0.1, -0.05) is 6.07 Å². The molecule has 1 aromatic heterocycles. The average Bonchev–Trinajstić information content (AvgIpc) is 3.13. The molecule has 1 fully saturated rings. The van der Waals surface area contributed by atoms with Crippen molar-refractivity contribution >= 4 is 17.0 Å². The van der Waals surface area contributed by atoms with Gasteiger partial charge in [0.2, 0.25) is 5.95 Å². The molecule has 0 aliphatic heterocycles. The molecule has 1 saturated carbocycles. The first-order valence-electron chi connectivity index (χ1n) is 6.96. The SMILES string of the molecule is CCOc1cccc2c1nc(N)n2C(C)(C)C1CC1. The van der Waals surface area contributed by atoms with E-state index in [1.54, 1.807) is 0 Å². The van der Waals surface area contributed by atoms with Crippen LogP contribution < -0.4 is 10.5 Å². The van der Waals surface area contributed by atoms with Crippen molar-refractivity contribution in [1.29, 1.82) is 0 Å². The molecule has 3 rings (SSSR count). The van der Waals surface area contributed by atoms with Crippen molar-refractivity contribution in [3.8, 4) is 5.75 Å². The van der Waals surface area contributed by atoms with Crippen LogP contribution in [0.25, 0.3) is 11.0 Å². The van der Waals surface area contributed by atoms with E-state index in [1.807, 2.05) is 19.1 Å². The first-order chi connectivity index (χ1) is 9.05. The van der Waals surface area contributed by atoms with Crippen LogP contribution >= 0.6 is 0 Å². The minimum absolute atomic E-state index is 0.0175. The van der Waals surface area contributed by atoms with Crippen LogP contribution in [0.4, 0.5) is 5.95 Å². The molecule has 102 valence electrons. The number of imidazole rings is 1.